The Morgan fingerprint density at radius 2 is 1.47 bits per heavy atom. The van der Waals surface area contributed by atoms with Gasteiger partial charge in [-0.15, -0.1) is 0 Å². The Bertz CT molecular complexity index is 1300. The first-order valence-electron chi connectivity index (χ1n) is 14.8. The molecule has 0 aliphatic heterocycles. The molecule has 0 saturated carbocycles. The van der Waals surface area contributed by atoms with Gasteiger partial charge in [0.2, 0.25) is 0 Å². The molecule has 1 nitrogen and oxygen atoms in total. The van der Waals surface area contributed by atoms with Crippen LogP contribution in [0, 0.1) is 5.92 Å². The summed E-state index contributed by atoms with van der Waals surface area (Å²) in [5, 5.41) is 0. The molecule has 0 spiro atoms. The number of hydrogen-bond donors (Lipinski definition) is 1. The molecule has 0 radical (unpaired) electrons. The van der Waals surface area contributed by atoms with Crippen molar-refractivity contribution in [2.45, 2.75) is 89.5 Å². The van der Waals surface area contributed by atoms with Gasteiger partial charge in [-0.05, 0) is 63.6 Å². The number of allylic oxidation sites excluding steroid dienone is 4. The molecule has 0 amide bonds. The molecule has 4 atom stereocenters. The van der Waals surface area contributed by atoms with Gasteiger partial charge in [-0.1, -0.05) is 138 Å². The van der Waals surface area contributed by atoms with Gasteiger partial charge in [-0.25, -0.2) is 0 Å². The van der Waals surface area contributed by atoms with Crippen LogP contribution in [-0.2, 0) is 17.3 Å². The monoisotopic (exact) mass is 503 g/mol. The third kappa shape index (κ3) is 4.60. The lowest BCUT2D eigenvalue weighted by atomic mass is 9.62. The summed E-state index contributed by atoms with van der Waals surface area (Å²) >= 11 is 0. The van der Waals surface area contributed by atoms with Gasteiger partial charge in [-0.2, -0.15) is 0 Å². The van der Waals surface area contributed by atoms with E-state index in [2.05, 4.69) is 126 Å². The fraction of sp³-hybridized carbons (Fsp3) is 0.405. The zero-order chi connectivity index (χ0) is 26.9. The molecule has 2 aliphatic rings. The zero-order valence-corrected chi connectivity index (χ0v) is 24.0. The van der Waals surface area contributed by atoms with E-state index < -0.39 is 0 Å². The van der Waals surface area contributed by atoms with E-state index in [-0.39, 0.29) is 16.9 Å². The molecule has 3 aromatic rings. The standard InChI is InChI=1S/C37H45N/c1-6-8-12-26-15-19-28(20-16-26)37(29-21-17-27(18-22-29)35(38)11-7-2)33-14-10-9-13-31(33)32-24-23-30(25-34(32)37)36(3,4)5/h9-10,13-25,31,33,35H,6-8,11-12,38H2,1-5H3. The molecule has 38 heavy (non-hydrogen) atoms. The van der Waals surface area contributed by atoms with Crippen molar-refractivity contribution in [2.75, 3.05) is 0 Å². The molecule has 4 unspecified atom stereocenters. The van der Waals surface area contributed by atoms with Crippen LogP contribution >= 0.6 is 0 Å². The van der Waals surface area contributed by atoms with Gasteiger partial charge >= 0.3 is 0 Å². The minimum absolute atomic E-state index is 0.0843. The van der Waals surface area contributed by atoms with Crippen molar-refractivity contribution in [1.82, 2.24) is 0 Å². The maximum atomic E-state index is 6.54. The summed E-state index contributed by atoms with van der Waals surface area (Å²) in [7, 11) is 0. The molecule has 2 N–H and O–H groups in total. The van der Waals surface area contributed by atoms with E-state index in [0.717, 1.165) is 19.3 Å². The number of fused-ring (bicyclic) bond motifs is 3. The first-order valence-corrected chi connectivity index (χ1v) is 14.8. The van der Waals surface area contributed by atoms with Crippen LogP contribution in [0.2, 0.25) is 0 Å². The Kier molecular flexibility index (Phi) is 7.51. The number of nitrogens with two attached hydrogens (primary N) is 1. The van der Waals surface area contributed by atoms with Gasteiger partial charge in [0.1, 0.15) is 0 Å². The average molecular weight is 504 g/mol. The lowest BCUT2D eigenvalue weighted by Crippen LogP contribution is -2.35. The summed E-state index contributed by atoms with van der Waals surface area (Å²) in [6.45, 7) is 11.4. The van der Waals surface area contributed by atoms with Gasteiger partial charge < -0.3 is 5.73 Å². The van der Waals surface area contributed by atoms with Gasteiger partial charge in [0.05, 0.1) is 5.41 Å². The first-order chi connectivity index (χ1) is 18.3. The van der Waals surface area contributed by atoms with Crippen LogP contribution in [0.15, 0.2) is 91.0 Å². The Morgan fingerprint density at radius 3 is 2.11 bits per heavy atom. The van der Waals surface area contributed by atoms with Crippen LogP contribution in [0.1, 0.15) is 111 Å². The van der Waals surface area contributed by atoms with Crippen molar-refractivity contribution in [3.63, 3.8) is 0 Å². The maximum Gasteiger partial charge on any atom is 0.0525 e. The van der Waals surface area contributed by atoms with Gasteiger partial charge in [0.25, 0.3) is 0 Å². The van der Waals surface area contributed by atoms with E-state index in [1.165, 1.54) is 51.8 Å². The minimum Gasteiger partial charge on any atom is -0.324 e. The third-order valence-corrected chi connectivity index (χ3v) is 8.96. The molecule has 3 aromatic carbocycles. The van der Waals surface area contributed by atoms with E-state index in [9.17, 15) is 0 Å². The second-order valence-electron chi connectivity index (χ2n) is 12.5. The van der Waals surface area contributed by atoms with Crippen LogP contribution in [-0.4, -0.2) is 0 Å². The molecule has 2 aliphatic carbocycles. The predicted octanol–water partition coefficient (Wildman–Crippen LogP) is 9.30. The Balaban J connectivity index is 1.75. The fourth-order valence-corrected chi connectivity index (χ4v) is 6.80. The van der Waals surface area contributed by atoms with Crippen LogP contribution in [0.5, 0.6) is 0 Å². The third-order valence-electron chi connectivity index (χ3n) is 8.96. The lowest BCUT2D eigenvalue weighted by Gasteiger charge is -2.39. The van der Waals surface area contributed by atoms with E-state index in [1.54, 1.807) is 0 Å². The molecular weight excluding hydrogens is 458 g/mol. The molecule has 0 aromatic heterocycles. The van der Waals surface area contributed by atoms with Crippen molar-refractivity contribution < 1.29 is 0 Å². The summed E-state index contributed by atoms with van der Waals surface area (Å²) in [5.74, 6) is 0.695. The molecule has 198 valence electrons. The Labute approximate surface area is 230 Å². The van der Waals surface area contributed by atoms with E-state index in [0.29, 0.717) is 11.8 Å². The number of unbranched alkanes of at least 4 members (excludes halogenated alkanes) is 1. The number of benzene rings is 3. The summed E-state index contributed by atoms with van der Waals surface area (Å²) < 4.78 is 0. The predicted molar refractivity (Wildman–Crippen MR) is 163 cm³/mol. The van der Waals surface area contributed by atoms with Crippen molar-refractivity contribution in [3.05, 3.63) is 130 Å². The SMILES string of the molecule is CCCCc1ccc(C2(c3ccc(C(N)CCC)cc3)c3cc(C(C)(C)C)ccc3C3C=CC=CC32)cc1. The average Bonchev–Trinajstić information content (AvgIpc) is 3.22. The van der Waals surface area contributed by atoms with E-state index in [1.807, 2.05) is 0 Å². The van der Waals surface area contributed by atoms with Crippen molar-refractivity contribution in [2.24, 2.45) is 11.7 Å². The van der Waals surface area contributed by atoms with Gasteiger partial charge in [0, 0.05) is 17.9 Å². The first kappa shape index (κ1) is 26.7. The van der Waals surface area contributed by atoms with E-state index in [4.69, 9.17) is 5.73 Å². The Morgan fingerprint density at radius 1 is 0.816 bits per heavy atom. The minimum atomic E-state index is -0.251. The Hall–Kier alpha value is -2.90. The summed E-state index contributed by atoms with van der Waals surface area (Å²) in [6, 6.07) is 26.3. The van der Waals surface area contributed by atoms with Crippen molar-refractivity contribution in [1.29, 1.82) is 0 Å². The maximum absolute atomic E-state index is 6.54. The highest BCUT2D eigenvalue weighted by molar-refractivity contribution is 5.64. The van der Waals surface area contributed by atoms with Gasteiger partial charge in [-0.3, -0.25) is 0 Å². The summed E-state index contributed by atoms with van der Waals surface area (Å²) in [6.07, 6.45) is 15.1. The number of hydrogen-bond acceptors (Lipinski definition) is 1. The molecule has 0 heterocycles. The molecule has 0 bridgehead atoms. The largest absolute Gasteiger partial charge is 0.324 e. The number of rotatable bonds is 8. The van der Waals surface area contributed by atoms with Crippen LogP contribution < -0.4 is 5.73 Å². The molecular formula is C37H45N. The molecule has 0 saturated heterocycles. The highest BCUT2D eigenvalue weighted by Gasteiger charge is 2.53. The molecule has 0 fully saturated rings. The highest BCUT2D eigenvalue weighted by atomic mass is 14.6. The fourth-order valence-electron chi connectivity index (χ4n) is 6.80. The van der Waals surface area contributed by atoms with Crippen LogP contribution in [0.25, 0.3) is 0 Å². The summed E-state index contributed by atoms with van der Waals surface area (Å²) in [4.78, 5) is 0. The molecule has 5 rings (SSSR count). The second-order valence-corrected chi connectivity index (χ2v) is 12.5. The van der Waals surface area contributed by atoms with Crippen molar-refractivity contribution >= 4 is 0 Å². The topological polar surface area (TPSA) is 26.0 Å². The smallest absolute Gasteiger partial charge is 0.0525 e. The molecule has 1 heteroatoms. The second kappa shape index (κ2) is 10.7. The summed E-state index contributed by atoms with van der Waals surface area (Å²) in [5.41, 5.74) is 16.1. The van der Waals surface area contributed by atoms with Crippen LogP contribution in [0.4, 0.5) is 0 Å². The van der Waals surface area contributed by atoms with E-state index >= 15 is 0 Å². The number of aryl methyl sites for hydroxylation is 1. The van der Waals surface area contributed by atoms with Crippen molar-refractivity contribution in [3.8, 4) is 0 Å². The normalized spacial score (nSPS) is 22.8. The zero-order valence-electron chi connectivity index (χ0n) is 24.0. The lowest BCUT2D eigenvalue weighted by molar-refractivity contribution is 0.455. The van der Waals surface area contributed by atoms with Crippen LogP contribution in [0.3, 0.4) is 0 Å². The van der Waals surface area contributed by atoms with Gasteiger partial charge in [0.15, 0.2) is 0 Å². The quantitative estimate of drug-likeness (QED) is 0.326. The highest BCUT2D eigenvalue weighted by Crippen LogP contribution is 2.60.